The van der Waals surface area contributed by atoms with Gasteiger partial charge in [-0.05, 0) is 36.5 Å². The Bertz CT molecular complexity index is 679. The number of aliphatic hydroxyl groups is 1. The van der Waals surface area contributed by atoms with Crippen LogP contribution in [0.5, 0.6) is 0 Å². The van der Waals surface area contributed by atoms with Crippen LogP contribution in [0.1, 0.15) is 30.9 Å². The Labute approximate surface area is 129 Å². The van der Waals surface area contributed by atoms with Crippen molar-refractivity contribution in [1.82, 2.24) is 4.90 Å². The van der Waals surface area contributed by atoms with E-state index in [1.54, 1.807) is 14.0 Å². The number of rotatable bonds is 2. The quantitative estimate of drug-likeness (QED) is 0.664. The number of hydrogen-bond donors (Lipinski definition) is 1. The van der Waals surface area contributed by atoms with E-state index >= 15 is 0 Å². The van der Waals surface area contributed by atoms with Crippen LogP contribution < -0.4 is 0 Å². The van der Waals surface area contributed by atoms with Crippen LogP contribution in [0, 0.1) is 0 Å². The topological polar surface area (TPSA) is 66.8 Å². The Balaban J connectivity index is 2.09. The van der Waals surface area contributed by atoms with E-state index in [0.29, 0.717) is 0 Å². The Morgan fingerprint density at radius 3 is 2.82 bits per heavy atom. The first-order chi connectivity index (χ1) is 10.5. The Morgan fingerprint density at radius 2 is 2.09 bits per heavy atom. The summed E-state index contributed by atoms with van der Waals surface area (Å²) >= 11 is 0. The fourth-order valence-corrected chi connectivity index (χ4v) is 3.30. The minimum Gasteiger partial charge on any atom is -0.463 e. The van der Waals surface area contributed by atoms with Crippen molar-refractivity contribution in [3.05, 3.63) is 41.1 Å². The second-order valence-electron chi connectivity index (χ2n) is 5.70. The largest absolute Gasteiger partial charge is 0.463 e. The number of amides is 1. The summed E-state index contributed by atoms with van der Waals surface area (Å²) in [6, 6.07) is 7.91. The SMILES string of the molecule is CCOC(=O)[C@@]1(O)CC2=C(CCc3ccccc32)N(C)C1=O. The molecule has 1 heterocycles. The molecule has 0 spiro atoms. The molecule has 116 valence electrons. The lowest BCUT2D eigenvalue weighted by Crippen LogP contribution is -2.56. The number of hydrogen-bond acceptors (Lipinski definition) is 4. The van der Waals surface area contributed by atoms with Crippen LogP contribution in [-0.4, -0.2) is 41.1 Å². The van der Waals surface area contributed by atoms with Crippen LogP contribution in [-0.2, 0) is 20.7 Å². The highest BCUT2D eigenvalue weighted by Crippen LogP contribution is 2.42. The van der Waals surface area contributed by atoms with Crippen molar-refractivity contribution >= 4 is 17.4 Å². The molecule has 5 nitrogen and oxygen atoms in total. The maximum Gasteiger partial charge on any atom is 0.348 e. The van der Waals surface area contributed by atoms with E-state index in [9.17, 15) is 14.7 Å². The summed E-state index contributed by atoms with van der Waals surface area (Å²) in [5, 5.41) is 10.7. The highest BCUT2D eigenvalue weighted by molar-refractivity contribution is 6.10. The lowest BCUT2D eigenvalue weighted by atomic mass is 9.78. The number of carbonyl (C=O) groups is 2. The zero-order valence-corrected chi connectivity index (χ0v) is 12.8. The predicted octanol–water partition coefficient (Wildman–Crippen LogP) is 1.50. The highest BCUT2D eigenvalue weighted by atomic mass is 16.5. The van der Waals surface area contributed by atoms with E-state index < -0.39 is 17.5 Å². The number of esters is 1. The molecular weight excluding hydrogens is 282 g/mol. The van der Waals surface area contributed by atoms with Crippen LogP contribution in [0.4, 0.5) is 0 Å². The normalized spacial score (nSPS) is 24.0. The molecule has 1 amide bonds. The molecule has 0 saturated heterocycles. The van der Waals surface area contributed by atoms with Crippen molar-refractivity contribution in [2.45, 2.75) is 31.8 Å². The average Bonchev–Trinajstić information content (AvgIpc) is 2.53. The second-order valence-corrected chi connectivity index (χ2v) is 5.70. The molecular formula is C17H19NO4. The van der Waals surface area contributed by atoms with Gasteiger partial charge in [-0.1, -0.05) is 24.3 Å². The Kier molecular flexibility index (Phi) is 3.53. The van der Waals surface area contributed by atoms with Gasteiger partial charge in [-0.3, -0.25) is 4.79 Å². The first-order valence-electron chi connectivity index (χ1n) is 7.47. The van der Waals surface area contributed by atoms with Crippen LogP contribution in [0.2, 0.25) is 0 Å². The number of nitrogens with zero attached hydrogens (tertiary/aromatic N) is 1. The summed E-state index contributed by atoms with van der Waals surface area (Å²) in [5.41, 5.74) is 1.80. The number of likely N-dealkylation sites (N-methyl/N-ethyl adjacent to an activating group) is 1. The number of allylic oxidation sites excluding steroid dienone is 1. The molecule has 1 atom stereocenters. The molecule has 22 heavy (non-hydrogen) atoms. The van der Waals surface area contributed by atoms with Crippen molar-refractivity contribution in [1.29, 1.82) is 0 Å². The lowest BCUT2D eigenvalue weighted by Gasteiger charge is -2.40. The fourth-order valence-electron chi connectivity index (χ4n) is 3.30. The summed E-state index contributed by atoms with van der Waals surface area (Å²) in [6.45, 7) is 1.78. The maximum absolute atomic E-state index is 12.5. The second kappa shape index (κ2) is 5.25. The van der Waals surface area contributed by atoms with E-state index in [2.05, 4.69) is 0 Å². The van der Waals surface area contributed by atoms with Crippen molar-refractivity contribution in [2.75, 3.05) is 13.7 Å². The van der Waals surface area contributed by atoms with Crippen molar-refractivity contribution in [3.63, 3.8) is 0 Å². The molecule has 0 radical (unpaired) electrons. The molecule has 1 aliphatic carbocycles. The number of ether oxygens (including phenoxy) is 1. The molecule has 0 bridgehead atoms. The van der Waals surface area contributed by atoms with Crippen molar-refractivity contribution < 1.29 is 19.4 Å². The molecule has 1 aromatic carbocycles. The minimum absolute atomic E-state index is 0.0264. The standard InChI is InChI=1S/C17H19NO4/c1-3-22-16(20)17(21)10-13-12-7-5-4-6-11(12)8-9-14(13)18(2)15(17)19/h4-7,21H,3,8-10H2,1-2H3/t17-/m1/s1. The third kappa shape index (κ3) is 2.04. The van der Waals surface area contributed by atoms with Crippen molar-refractivity contribution in [2.24, 2.45) is 0 Å². The summed E-state index contributed by atoms with van der Waals surface area (Å²) in [5.74, 6) is -1.48. The van der Waals surface area contributed by atoms with E-state index in [4.69, 9.17) is 4.74 Å². The predicted molar refractivity (Wildman–Crippen MR) is 80.7 cm³/mol. The van der Waals surface area contributed by atoms with Gasteiger partial charge < -0.3 is 14.7 Å². The highest BCUT2D eigenvalue weighted by Gasteiger charge is 2.52. The molecule has 1 aromatic rings. The molecule has 0 aromatic heterocycles. The lowest BCUT2D eigenvalue weighted by molar-refractivity contribution is -0.175. The molecule has 3 rings (SSSR count). The van der Waals surface area contributed by atoms with Gasteiger partial charge in [-0.15, -0.1) is 0 Å². The first kappa shape index (κ1) is 14.8. The molecule has 0 saturated carbocycles. The third-order valence-electron chi connectivity index (χ3n) is 4.43. The van der Waals surface area contributed by atoms with Gasteiger partial charge >= 0.3 is 5.97 Å². The molecule has 1 N–H and O–H groups in total. The van der Waals surface area contributed by atoms with E-state index in [-0.39, 0.29) is 13.0 Å². The smallest absolute Gasteiger partial charge is 0.348 e. The van der Waals surface area contributed by atoms with Gasteiger partial charge in [-0.2, -0.15) is 0 Å². The number of fused-ring (bicyclic) bond motifs is 2. The van der Waals surface area contributed by atoms with Gasteiger partial charge in [0.05, 0.1) is 6.61 Å². The summed E-state index contributed by atoms with van der Waals surface area (Å²) in [7, 11) is 1.61. The first-order valence-corrected chi connectivity index (χ1v) is 7.47. The van der Waals surface area contributed by atoms with Gasteiger partial charge in [-0.25, -0.2) is 4.79 Å². The van der Waals surface area contributed by atoms with Gasteiger partial charge in [0.2, 0.25) is 5.60 Å². The number of aryl methyl sites for hydroxylation is 1. The van der Waals surface area contributed by atoms with Crippen LogP contribution in [0.15, 0.2) is 30.0 Å². The van der Waals surface area contributed by atoms with E-state index in [1.165, 1.54) is 10.5 Å². The zero-order chi connectivity index (χ0) is 15.9. The summed E-state index contributed by atoms with van der Waals surface area (Å²) in [6.07, 6.45) is 1.55. The third-order valence-corrected chi connectivity index (χ3v) is 4.43. The summed E-state index contributed by atoms with van der Waals surface area (Å²) < 4.78 is 4.91. The van der Waals surface area contributed by atoms with Crippen LogP contribution >= 0.6 is 0 Å². The Morgan fingerprint density at radius 1 is 1.36 bits per heavy atom. The minimum atomic E-state index is -2.13. The molecule has 0 fully saturated rings. The van der Waals surface area contributed by atoms with Crippen LogP contribution in [0.3, 0.4) is 0 Å². The molecule has 2 aliphatic rings. The Hall–Kier alpha value is -2.14. The van der Waals surface area contributed by atoms with E-state index in [0.717, 1.165) is 29.7 Å². The van der Waals surface area contributed by atoms with Gasteiger partial charge in [0.1, 0.15) is 0 Å². The molecule has 0 unspecified atom stereocenters. The maximum atomic E-state index is 12.5. The summed E-state index contributed by atoms with van der Waals surface area (Å²) in [4.78, 5) is 26.0. The molecule has 5 heteroatoms. The van der Waals surface area contributed by atoms with Gasteiger partial charge in [0.15, 0.2) is 0 Å². The fraction of sp³-hybridized carbons (Fsp3) is 0.412. The average molecular weight is 301 g/mol. The van der Waals surface area contributed by atoms with Gasteiger partial charge in [0.25, 0.3) is 5.91 Å². The van der Waals surface area contributed by atoms with Crippen molar-refractivity contribution in [3.8, 4) is 0 Å². The number of benzene rings is 1. The monoisotopic (exact) mass is 301 g/mol. The van der Waals surface area contributed by atoms with E-state index in [1.807, 2.05) is 24.3 Å². The molecule has 1 aliphatic heterocycles. The van der Waals surface area contributed by atoms with Crippen LogP contribution in [0.25, 0.3) is 5.57 Å². The number of carbonyl (C=O) groups excluding carboxylic acids is 2. The van der Waals surface area contributed by atoms with Gasteiger partial charge in [0, 0.05) is 19.2 Å². The zero-order valence-electron chi connectivity index (χ0n) is 12.8.